The summed E-state index contributed by atoms with van der Waals surface area (Å²) in [4.78, 5) is 10.6. The smallest absolute Gasteiger partial charge is 0.323 e. The van der Waals surface area contributed by atoms with Gasteiger partial charge in [-0.3, -0.25) is 9.52 Å². The van der Waals surface area contributed by atoms with Crippen LogP contribution in [0.15, 0.2) is 18.2 Å². The molecule has 0 fully saturated rings. The summed E-state index contributed by atoms with van der Waals surface area (Å²) < 4.78 is 25.3. The Hall–Kier alpha value is -0.980. The van der Waals surface area contributed by atoms with Gasteiger partial charge < -0.3 is 5.11 Å². The Kier molecular flexibility index (Phi) is 4.24. The molecular formula is C9H9Cl2NO4S. The number of carboxylic acids is 1. The number of sulfonamides is 1. The molecule has 0 bridgehead atoms. The van der Waals surface area contributed by atoms with Crippen LogP contribution in [0.2, 0.25) is 10.0 Å². The van der Waals surface area contributed by atoms with Crippen molar-refractivity contribution in [1.82, 2.24) is 0 Å². The van der Waals surface area contributed by atoms with Crippen molar-refractivity contribution in [3.8, 4) is 0 Å². The predicted octanol–water partition coefficient (Wildman–Crippen LogP) is 2.21. The van der Waals surface area contributed by atoms with Gasteiger partial charge in [0.05, 0.1) is 15.7 Å². The second-order valence-corrected chi connectivity index (χ2v) is 6.02. The van der Waals surface area contributed by atoms with E-state index in [0.717, 1.165) is 6.92 Å². The van der Waals surface area contributed by atoms with E-state index in [4.69, 9.17) is 28.3 Å². The highest BCUT2D eigenvalue weighted by Crippen LogP contribution is 2.30. The van der Waals surface area contributed by atoms with Crippen LogP contribution in [0.5, 0.6) is 0 Å². The fourth-order valence-corrected chi connectivity index (χ4v) is 2.28. The average molecular weight is 298 g/mol. The van der Waals surface area contributed by atoms with Crippen molar-refractivity contribution in [3.63, 3.8) is 0 Å². The SMILES string of the molecule is CC(C(=O)O)S(=O)(=O)Nc1cccc(Cl)c1Cl. The Morgan fingerprint density at radius 1 is 1.41 bits per heavy atom. The molecule has 1 aromatic carbocycles. The molecule has 1 atom stereocenters. The van der Waals surface area contributed by atoms with Crippen molar-refractivity contribution < 1.29 is 18.3 Å². The van der Waals surface area contributed by atoms with E-state index in [1.807, 2.05) is 0 Å². The van der Waals surface area contributed by atoms with Gasteiger partial charge in [-0.25, -0.2) is 8.42 Å². The van der Waals surface area contributed by atoms with Crippen LogP contribution in [0.1, 0.15) is 6.92 Å². The summed E-state index contributed by atoms with van der Waals surface area (Å²) in [6.45, 7) is 1.06. The van der Waals surface area contributed by atoms with Crippen LogP contribution in [0.4, 0.5) is 5.69 Å². The molecule has 1 rings (SSSR count). The lowest BCUT2D eigenvalue weighted by molar-refractivity contribution is -0.136. The quantitative estimate of drug-likeness (QED) is 0.892. The van der Waals surface area contributed by atoms with E-state index >= 15 is 0 Å². The van der Waals surface area contributed by atoms with Crippen LogP contribution in [-0.2, 0) is 14.8 Å². The minimum Gasteiger partial charge on any atom is -0.480 e. The molecule has 0 amide bonds. The lowest BCUT2D eigenvalue weighted by Gasteiger charge is -2.12. The van der Waals surface area contributed by atoms with E-state index in [2.05, 4.69) is 4.72 Å². The fourth-order valence-electron chi connectivity index (χ4n) is 0.957. The molecule has 17 heavy (non-hydrogen) atoms. The number of anilines is 1. The van der Waals surface area contributed by atoms with Crippen molar-refractivity contribution in [1.29, 1.82) is 0 Å². The molecule has 0 heterocycles. The topological polar surface area (TPSA) is 83.5 Å². The minimum absolute atomic E-state index is 0.0235. The van der Waals surface area contributed by atoms with Gasteiger partial charge in [0.1, 0.15) is 0 Å². The molecule has 1 aromatic rings. The maximum Gasteiger partial charge on any atom is 0.323 e. The number of rotatable bonds is 4. The first-order chi connectivity index (χ1) is 7.75. The van der Waals surface area contributed by atoms with Crippen LogP contribution in [0, 0.1) is 0 Å². The number of aliphatic carboxylic acids is 1. The van der Waals surface area contributed by atoms with Crippen molar-refractivity contribution in [2.75, 3.05) is 4.72 Å². The molecule has 0 aliphatic heterocycles. The predicted molar refractivity (Wildman–Crippen MR) is 66.1 cm³/mol. The number of carboxylic acid groups (broad SMARTS) is 1. The summed E-state index contributed by atoms with van der Waals surface area (Å²) in [5.74, 6) is -1.45. The molecule has 8 heteroatoms. The molecule has 0 saturated heterocycles. The van der Waals surface area contributed by atoms with Crippen LogP contribution < -0.4 is 4.72 Å². The number of benzene rings is 1. The Labute approximate surface area is 108 Å². The highest BCUT2D eigenvalue weighted by atomic mass is 35.5. The minimum atomic E-state index is -4.04. The van der Waals surface area contributed by atoms with E-state index in [9.17, 15) is 13.2 Å². The first kappa shape index (κ1) is 14.1. The van der Waals surface area contributed by atoms with E-state index in [0.29, 0.717) is 0 Å². The monoisotopic (exact) mass is 297 g/mol. The van der Waals surface area contributed by atoms with Gasteiger partial charge in [-0.1, -0.05) is 29.3 Å². The normalized spacial score (nSPS) is 13.1. The lowest BCUT2D eigenvalue weighted by atomic mass is 10.3. The van der Waals surface area contributed by atoms with Crippen LogP contribution in [-0.4, -0.2) is 24.7 Å². The molecule has 94 valence electrons. The van der Waals surface area contributed by atoms with Gasteiger partial charge in [0.2, 0.25) is 10.0 Å². The summed E-state index contributed by atoms with van der Waals surface area (Å²) in [7, 11) is -4.04. The van der Waals surface area contributed by atoms with Gasteiger partial charge in [0.15, 0.2) is 5.25 Å². The average Bonchev–Trinajstić information content (AvgIpc) is 2.23. The zero-order valence-corrected chi connectivity index (χ0v) is 11.0. The number of hydrogen-bond acceptors (Lipinski definition) is 3. The first-order valence-electron chi connectivity index (χ1n) is 4.44. The summed E-state index contributed by atoms with van der Waals surface area (Å²) in [5, 5.41) is 7.25. The number of halogens is 2. The molecule has 5 nitrogen and oxygen atoms in total. The molecule has 2 N–H and O–H groups in total. The number of nitrogens with one attached hydrogen (secondary N) is 1. The number of hydrogen-bond donors (Lipinski definition) is 2. The van der Waals surface area contributed by atoms with Crippen LogP contribution in [0.3, 0.4) is 0 Å². The Morgan fingerprint density at radius 2 is 2.00 bits per heavy atom. The summed E-state index contributed by atoms with van der Waals surface area (Å²) in [5.41, 5.74) is 0.0484. The Balaban J connectivity index is 3.07. The van der Waals surface area contributed by atoms with Gasteiger partial charge in [0, 0.05) is 0 Å². The summed E-state index contributed by atoms with van der Waals surface area (Å²) >= 11 is 11.5. The van der Waals surface area contributed by atoms with Gasteiger partial charge in [0.25, 0.3) is 0 Å². The second-order valence-electron chi connectivity index (χ2n) is 3.23. The molecule has 0 saturated carbocycles. The fraction of sp³-hybridized carbons (Fsp3) is 0.222. The van der Waals surface area contributed by atoms with Gasteiger partial charge >= 0.3 is 5.97 Å². The van der Waals surface area contributed by atoms with Gasteiger partial charge in [-0.2, -0.15) is 0 Å². The third-order valence-electron chi connectivity index (χ3n) is 2.02. The van der Waals surface area contributed by atoms with Crippen molar-refractivity contribution in [2.45, 2.75) is 12.2 Å². The van der Waals surface area contributed by atoms with Crippen LogP contribution in [0.25, 0.3) is 0 Å². The largest absolute Gasteiger partial charge is 0.480 e. The van der Waals surface area contributed by atoms with E-state index in [1.165, 1.54) is 18.2 Å². The van der Waals surface area contributed by atoms with E-state index in [1.54, 1.807) is 0 Å². The second kappa shape index (κ2) is 5.12. The van der Waals surface area contributed by atoms with Crippen molar-refractivity contribution >= 4 is 44.9 Å². The third kappa shape index (κ3) is 3.24. The Bertz CT molecular complexity index is 544. The van der Waals surface area contributed by atoms with E-state index in [-0.39, 0.29) is 15.7 Å². The van der Waals surface area contributed by atoms with Crippen molar-refractivity contribution in [2.24, 2.45) is 0 Å². The van der Waals surface area contributed by atoms with Crippen molar-refractivity contribution in [3.05, 3.63) is 28.2 Å². The zero-order valence-electron chi connectivity index (χ0n) is 8.65. The molecular weight excluding hydrogens is 289 g/mol. The zero-order chi connectivity index (χ0) is 13.2. The molecule has 0 aromatic heterocycles. The highest BCUT2D eigenvalue weighted by Gasteiger charge is 2.28. The summed E-state index contributed by atoms with van der Waals surface area (Å²) in [6.07, 6.45) is 0. The first-order valence-corrected chi connectivity index (χ1v) is 6.74. The third-order valence-corrected chi connectivity index (χ3v) is 4.47. The molecule has 0 radical (unpaired) electrons. The highest BCUT2D eigenvalue weighted by molar-refractivity contribution is 7.94. The Morgan fingerprint density at radius 3 is 2.53 bits per heavy atom. The van der Waals surface area contributed by atoms with Gasteiger partial charge in [-0.15, -0.1) is 0 Å². The maximum atomic E-state index is 11.6. The molecule has 0 aliphatic carbocycles. The molecule has 0 aliphatic rings. The maximum absolute atomic E-state index is 11.6. The number of carbonyl (C=O) groups is 1. The summed E-state index contributed by atoms with van der Waals surface area (Å²) in [6, 6.07) is 4.38. The standard InChI is InChI=1S/C9H9Cl2NO4S/c1-5(9(13)14)17(15,16)12-7-4-2-3-6(10)8(7)11/h2-5,12H,1H3,(H,13,14). The van der Waals surface area contributed by atoms with E-state index < -0.39 is 21.2 Å². The van der Waals surface area contributed by atoms with Gasteiger partial charge in [-0.05, 0) is 19.1 Å². The van der Waals surface area contributed by atoms with Crippen LogP contribution >= 0.6 is 23.2 Å². The lowest BCUT2D eigenvalue weighted by Crippen LogP contribution is -2.32. The molecule has 0 spiro atoms. The molecule has 1 unspecified atom stereocenters.